The maximum atomic E-state index is 11.9. The van der Waals surface area contributed by atoms with Crippen molar-refractivity contribution in [3.63, 3.8) is 0 Å². The molecule has 2 unspecified atom stereocenters. The molecule has 1 heterocycles. The number of carbonyl (C=O) groups is 2. The van der Waals surface area contributed by atoms with Crippen LogP contribution >= 0.6 is 0 Å². The second-order valence-corrected chi connectivity index (χ2v) is 4.58. The number of carbonyl (C=O) groups excluding carboxylic acids is 1. The highest BCUT2D eigenvalue weighted by molar-refractivity contribution is 5.76. The SMILES string of the molecule is CC(NC(=O)N(C)Cc1ccncc1)C(C)C(=O)O. The molecule has 19 heavy (non-hydrogen) atoms. The van der Waals surface area contributed by atoms with E-state index in [2.05, 4.69) is 10.3 Å². The van der Waals surface area contributed by atoms with E-state index in [4.69, 9.17) is 5.11 Å². The molecule has 2 amide bonds. The average Bonchev–Trinajstić information content (AvgIpc) is 2.38. The van der Waals surface area contributed by atoms with E-state index in [-0.39, 0.29) is 6.03 Å². The Bertz CT molecular complexity index is 436. The lowest BCUT2D eigenvalue weighted by Crippen LogP contribution is -2.45. The fourth-order valence-corrected chi connectivity index (χ4v) is 1.48. The smallest absolute Gasteiger partial charge is 0.317 e. The Hall–Kier alpha value is -2.11. The first-order valence-corrected chi connectivity index (χ1v) is 6.05. The number of pyridine rings is 1. The van der Waals surface area contributed by atoms with Gasteiger partial charge in [0.05, 0.1) is 5.92 Å². The number of aromatic nitrogens is 1. The molecule has 6 heteroatoms. The molecule has 2 N–H and O–H groups in total. The van der Waals surface area contributed by atoms with E-state index in [1.54, 1.807) is 33.3 Å². The van der Waals surface area contributed by atoms with Gasteiger partial charge in [-0.1, -0.05) is 0 Å². The zero-order valence-corrected chi connectivity index (χ0v) is 11.3. The Morgan fingerprint density at radius 2 is 1.95 bits per heavy atom. The van der Waals surface area contributed by atoms with E-state index in [1.807, 2.05) is 12.1 Å². The van der Waals surface area contributed by atoms with Crippen molar-refractivity contribution in [1.29, 1.82) is 0 Å². The summed E-state index contributed by atoms with van der Waals surface area (Å²) in [5.74, 6) is -1.55. The van der Waals surface area contributed by atoms with Crippen molar-refractivity contribution in [2.45, 2.75) is 26.4 Å². The third-order valence-corrected chi connectivity index (χ3v) is 3.01. The number of urea groups is 1. The summed E-state index contributed by atoms with van der Waals surface area (Å²) >= 11 is 0. The van der Waals surface area contributed by atoms with E-state index >= 15 is 0 Å². The van der Waals surface area contributed by atoms with Gasteiger partial charge in [0, 0.05) is 32.0 Å². The molecule has 0 radical (unpaired) electrons. The van der Waals surface area contributed by atoms with Gasteiger partial charge in [0.25, 0.3) is 0 Å². The van der Waals surface area contributed by atoms with Crippen molar-refractivity contribution in [2.24, 2.45) is 5.92 Å². The summed E-state index contributed by atoms with van der Waals surface area (Å²) in [6.07, 6.45) is 3.33. The van der Waals surface area contributed by atoms with Gasteiger partial charge in [-0.25, -0.2) is 4.79 Å². The fraction of sp³-hybridized carbons (Fsp3) is 0.462. The van der Waals surface area contributed by atoms with Gasteiger partial charge in [-0.15, -0.1) is 0 Å². The molecule has 104 valence electrons. The summed E-state index contributed by atoms with van der Waals surface area (Å²) in [4.78, 5) is 28.1. The summed E-state index contributed by atoms with van der Waals surface area (Å²) in [7, 11) is 1.66. The van der Waals surface area contributed by atoms with E-state index in [9.17, 15) is 9.59 Å². The van der Waals surface area contributed by atoms with Crippen LogP contribution in [0.3, 0.4) is 0 Å². The van der Waals surface area contributed by atoms with Crippen LogP contribution in [-0.4, -0.2) is 40.1 Å². The van der Waals surface area contributed by atoms with E-state index in [1.165, 1.54) is 4.90 Å². The molecule has 0 aliphatic heterocycles. The van der Waals surface area contributed by atoms with Crippen molar-refractivity contribution in [3.05, 3.63) is 30.1 Å². The quantitative estimate of drug-likeness (QED) is 0.841. The number of carboxylic acid groups (broad SMARTS) is 1. The summed E-state index contributed by atoms with van der Waals surface area (Å²) in [6.45, 7) is 3.69. The number of hydrogen-bond acceptors (Lipinski definition) is 3. The molecule has 1 aromatic rings. The van der Waals surface area contributed by atoms with Gasteiger partial charge in [-0.2, -0.15) is 0 Å². The molecule has 0 spiro atoms. The predicted octanol–water partition coefficient (Wildman–Crippen LogP) is 1.33. The first-order valence-electron chi connectivity index (χ1n) is 6.05. The number of nitrogens with one attached hydrogen (secondary N) is 1. The van der Waals surface area contributed by atoms with Crippen LogP contribution in [0.5, 0.6) is 0 Å². The topological polar surface area (TPSA) is 82.5 Å². The summed E-state index contributed by atoms with van der Waals surface area (Å²) in [5, 5.41) is 11.5. The third kappa shape index (κ3) is 4.57. The highest BCUT2D eigenvalue weighted by Gasteiger charge is 2.22. The standard InChI is InChI=1S/C13H19N3O3/c1-9(12(17)18)10(2)15-13(19)16(3)8-11-4-6-14-7-5-11/h4-7,9-10H,8H2,1-3H3,(H,15,19)(H,17,18). The van der Waals surface area contributed by atoms with Gasteiger partial charge < -0.3 is 15.3 Å². The van der Waals surface area contributed by atoms with Gasteiger partial charge in [0.15, 0.2) is 0 Å². The Kier molecular flexibility index (Phi) is 5.29. The van der Waals surface area contributed by atoms with E-state index in [0.29, 0.717) is 6.54 Å². The Morgan fingerprint density at radius 1 is 1.37 bits per heavy atom. The minimum atomic E-state index is -0.926. The maximum absolute atomic E-state index is 11.9. The van der Waals surface area contributed by atoms with Gasteiger partial charge >= 0.3 is 12.0 Å². The molecule has 0 aliphatic carbocycles. The van der Waals surface area contributed by atoms with Gasteiger partial charge in [0.2, 0.25) is 0 Å². The summed E-state index contributed by atoms with van der Waals surface area (Å²) in [5.41, 5.74) is 0.964. The molecule has 0 bridgehead atoms. The van der Waals surface area contributed by atoms with Crippen LogP contribution in [0, 0.1) is 5.92 Å². The number of nitrogens with zero attached hydrogens (tertiary/aromatic N) is 2. The third-order valence-electron chi connectivity index (χ3n) is 3.01. The number of aliphatic carboxylic acids is 1. The molecule has 0 saturated heterocycles. The molecule has 0 fully saturated rings. The van der Waals surface area contributed by atoms with Gasteiger partial charge in [-0.3, -0.25) is 9.78 Å². The summed E-state index contributed by atoms with van der Waals surface area (Å²) < 4.78 is 0. The number of hydrogen-bond donors (Lipinski definition) is 2. The maximum Gasteiger partial charge on any atom is 0.317 e. The second-order valence-electron chi connectivity index (χ2n) is 4.58. The van der Waals surface area contributed by atoms with Crippen LogP contribution in [0.15, 0.2) is 24.5 Å². The molecular formula is C13H19N3O3. The first-order chi connectivity index (χ1) is 8.91. The molecule has 1 aromatic heterocycles. The normalized spacial score (nSPS) is 13.4. The fourth-order valence-electron chi connectivity index (χ4n) is 1.48. The number of amides is 2. The minimum Gasteiger partial charge on any atom is -0.481 e. The molecule has 0 aliphatic rings. The zero-order valence-electron chi connectivity index (χ0n) is 11.3. The summed E-state index contributed by atoms with van der Waals surface area (Å²) in [6, 6.07) is 2.93. The van der Waals surface area contributed by atoms with E-state index < -0.39 is 17.9 Å². The highest BCUT2D eigenvalue weighted by Crippen LogP contribution is 2.05. The predicted molar refractivity (Wildman–Crippen MR) is 70.5 cm³/mol. The molecule has 2 atom stereocenters. The molecule has 0 aromatic carbocycles. The van der Waals surface area contributed by atoms with Gasteiger partial charge in [0.1, 0.15) is 0 Å². The zero-order chi connectivity index (χ0) is 14.4. The molecule has 0 saturated carbocycles. The van der Waals surface area contributed by atoms with Gasteiger partial charge in [-0.05, 0) is 31.5 Å². The van der Waals surface area contributed by atoms with Crippen molar-refractivity contribution in [3.8, 4) is 0 Å². The van der Waals surface area contributed by atoms with Crippen molar-refractivity contribution in [2.75, 3.05) is 7.05 Å². The monoisotopic (exact) mass is 265 g/mol. The Balaban J connectivity index is 2.51. The lowest BCUT2D eigenvalue weighted by Gasteiger charge is -2.23. The molecular weight excluding hydrogens is 246 g/mol. The van der Waals surface area contributed by atoms with Crippen LogP contribution < -0.4 is 5.32 Å². The Morgan fingerprint density at radius 3 is 2.47 bits per heavy atom. The lowest BCUT2D eigenvalue weighted by atomic mass is 10.0. The highest BCUT2D eigenvalue weighted by atomic mass is 16.4. The number of rotatable bonds is 5. The average molecular weight is 265 g/mol. The minimum absolute atomic E-state index is 0.294. The van der Waals surface area contributed by atoms with Crippen molar-refractivity contribution >= 4 is 12.0 Å². The van der Waals surface area contributed by atoms with E-state index in [0.717, 1.165) is 5.56 Å². The van der Waals surface area contributed by atoms with Crippen molar-refractivity contribution < 1.29 is 14.7 Å². The molecule has 1 rings (SSSR count). The van der Waals surface area contributed by atoms with Crippen molar-refractivity contribution in [1.82, 2.24) is 15.2 Å². The van der Waals surface area contributed by atoms with Crippen LogP contribution in [0.25, 0.3) is 0 Å². The van der Waals surface area contributed by atoms with Crippen LogP contribution in [0.1, 0.15) is 19.4 Å². The molecule has 6 nitrogen and oxygen atoms in total. The van der Waals surface area contributed by atoms with Crippen LogP contribution in [-0.2, 0) is 11.3 Å². The second kappa shape index (κ2) is 6.72. The first kappa shape index (κ1) is 14.9. The van der Waals surface area contributed by atoms with Crippen LogP contribution in [0.2, 0.25) is 0 Å². The van der Waals surface area contributed by atoms with Crippen LogP contribution in [0.4, 0.5) is 4.79 Å². The number of carboxylic acids is 1. The largest absolute Gasteiger partial charge is 0.481 e. The Labute approximate surface area is 112 Å². The lowest BCUT2D eigenvalue weighted by molar-refractivity contribution is -0.141.